The molecule has 2 atom stereocenters. The molecule has 0 unspecified atom stereocenters. The SMILES string of the molecule is COc1cc2c3cc1Cc1c(O)c(OC)cc4c1[C@H](Cc1ccc(cc1)Oc1cc(ccc1O)C[C@@H]2NCC3)N(C)CC4. The van der Waals surface area contributed by atoms with Crippen LogP contribution >= 0.6 is 0 Å². The molecule has 0 aromatic heterocycles. The number of nitrogens with one attached hydrogen (secondary N) is 1. The first-order valence-corrected chi connectivity index (χ1v) is 15.1. The first kappa shape index (κ1) is 27.6. The highest BCUT2D eigenvalue weighted by atomic mass is 16.5. The van der Waals surface area contributed by atoms with Gasteiger partial charge in [-0.2, -0.15) is 0 Å². The van der Waals surface area contributed by atoms with Gasteiger partial charge in [0.1, 0.15) is 11.5 Å². The number of phenols is 2. The van der Waals surface area contributed by atoms with E-state index in [-0.39, 0.29) is 23.6 Å². The molecule has 6 aliphatic rings. The number of likely N-dealkylation sites (N-methyl/N-ethyl adjacent to an activating group) is 1. The summed E-state index contributed by atoms with van der Waals surface area (Å²) in [6.45, 7) is 1.78. The Hall–Kier alpha value is -4.20. The zero-order valence-corrected chi connectivity index (χ0v) is 24.9. The van der Waals surface area contributed by atoms with Crippen molar-refractivity contribution in [1.29, 1.82) is 0 Å². The van der Waals surface area contributed by atoms with Crippen LogP contribution in [0.15, 0.2) is 60.7 Å². The van der Waals surface area contributed by atoms with Crippen LogP contribution in [0.4, 0.5) is 0 Å². The first-order chi connectivity index (χ1) is 20.9. The van der Waals surface area contributed by atoms with Crippen LogP contribution in [0.3, 0.4) is 0 Å². The summed E-state index contributed by atoms with van der Waals surface area (Å²) in [5.41, 5.74) is 9.08. The fraction of sp³-hybridized carbons (Fsp3) is 0.333. The predicted octanol–water partition coefficient (Wildman–Crippen LogP) is 6.01. The molecule has 222 valence electrons. The van der Waals surface area contributed by atoms with Crippen molar-refractivity contribution in [3.63, 3.8) is 0 Å². The van der Waals surface area contributed by atoms with Gasteiger partial charge in [-0.25, -0.2) is 0 Å². The minimum Gasteiger partial charge on any atom is -0.504 e. The molecular weight excluding hydrogens is 540 g/mol. The van der Waals surface area contributed by atoms with E-state index in [2.05, 4.69) is 41.5 Å². The topological polar surface area (TPSA) is 83.4 Å². The van der Waals surface area contributed by atoms with E-state index in [0.29, 0.717) is 23.7 Å². The maximum atomic E-state index is 11.6. The average molecular weight is 579 g/mol. The Labute approximate surface area is 252 Å². The van der Waals surface area contributed by atoms with Gasteiger partial charge in [-0.05, 0) is 115 Å². The summed E-state index contributed by atoms with van der Waals surface area (Å²) < 4.78 is 17.9. The van der Waals surface area contributed by atoms with Gasteiger partial charge in [0.05, 0.1) is 14.2 Å². The Morgan fingerprint density at radius 2 is 1.63 bits per heavy atom. The maximum absolute atomic E-state index is 11.6. The van der Waals surface area contributed by atoms with Gasteiger partial charge in [-0.1, -0.05) is 24.3 Å². The van der Waals surface area contributed by atoms with Crippen LogP contribution in [0.2, 0.25) is 0 Å². The van der Waals surface area contributed by atoms with Gasteiger partial charge in [-0.3, -0.25) is 4.90 Å². The van der Waals surface area contributed by atoms with Crippen LogP contribution in [-0.4, -0.2) is 49.5 Å². The molecule has 0 amide bonds. The van der Waals surface area contributed by atoms with E-state index < -0.39 is 0 Å². The van der Waals surface area contributed by atoms with Crippen molar-refractivity contribution in [1.82, 2.24) is 10.2 Å². The summed E-state index contributed by atoms with van der Waals surface area (Å²) >= 11 is 0. The van der Waals surface area contributed by atoms with Crippen molar-refractivity contribution in [2.75, 3.05) is 34.4 Å². The third-order valence-electron chi connectivity index (χ3n) is 9.43. The number of phenolic OH excluding ortho intramolecular Hbond substituents is 2. The third-order valence-corrected chi connectivity index (χ3v) is 9.43. The lowest BCUT2D eigenvalue weighted by atomic mass is 9.82. The van der Waals surface area contributed by atoms with E-state index in [9.17, 15) is 10.2 Å². The highest BCUT2D eigenvalue weighted by Crippen LogP contribution is 2.45. The molecule has 3 N–H and O–H groups in total. The Morgan fingerprint density at radius 3 is 2.42 bits per heavy atom. The lowest BCUT2D eigenvalue weighted by Gasteiger charge is -2.37. The summed E-state index contributed by atoms with van der Waals surface area (Å²) in [6, 6.07) is 20.3. The number of benzene rings is 4. The summed E-state index contributed by atoms with van der Waals surface area (Å²) in [5, 5.41) is 25.9. The van der Waals surface area contributed by atoms with E-state index in [0.717, 1.165) is 61.2 Å². The van der Waals surface area contributed by atoms with E-state index in [4.69, 9.17) is 14.2 Å². The Morgan fingerprint density at radius 1 is 0.837 bits per heavy atom. The van der Waals surface area contributed by atoms with Crippen LogP contribution in [0.5, 0.6) is 34.5 Å². The standard InChI is InChI=1S/C36H38N2O5/c1-38-13-11-24-19-34(42-3)36(40)28-18-25-17-23-10-12-37-29(27(23)20-32(25)41-2)14-22-6-9-31(39)33(16-22)43-26-7-4-21(5-8-26)15-30(38)35(24)28/h4-9,16-17,19-20,29-30,37,39-40H,10-15,18H2,1-3H3/t29-,30-/m0/s1. The fourth-order valence-electron chi connectivity index (χ4n) is 7.13. The second-order valence-electron chi connectivity index (χ2n) is 12.0. The zero-order chi connectivity index (χ0) is 29.7. The predicted molar refractivity (Wildman–Crippen MR) is 166 cm³/mol. The maximum Gasteiger partial charge on any atom is 0.169 e. The smallest absolute Gasteiger partial charge is 0.169 e. The van der Waals surface area contributed by atoms with Gasteiger partial charge in [-0.15, -0.1) is 0 Å². The molecule has 4 aromatic carbocycles. The Bertz CT molecular complexity index is 1680. The highest BCUT2D eigenvalue weighted by Gasteiger charge is 2.32. The molecule has 10 rings (SSSR count). The first-order valence-electron chi connectivity index (χ1n) is 15.1. The van der Waals surface area contributed by atoms with E-state index in [1.165, 1.54) is 27.8 Å². The van der Waals surface area contributed by atoms with Crippen LogP contribution in [0.25, 0.3) is 0 Å². The van der Waals surface area contributed by atoms with Gasteiger partial charge >= 0.3 is 0 Å². The monoisotopic (exact) mass is 578 g/mol. The van der Waals surface area contributed by atoms with Crippen LogP contribution in [0.1, 0.15) is 56.6 Å². The van der Waals surface area contributed by atoms with Gasteiger partial charge in [0, 0.05) is 30.6 Å². The van der Waals surface area contributed by atoms with E-state index in [1.54, 1.807) is 20.3 Å². The molecule has 0 fully saturated rings. The number of hydrogen-bond acceptors (Lipinski definition) is 7. The molecule has 8 bridgehead atoms. The van der Waals surface area contributed by atoms with Crippen molar-refractivity contribution in [2.45, 2.75) is 44.2 Å². The van der Waals surface area contributed by atoms with Crippen molar-refractivity contribution < 1.29 is 24.4 Å². The van der Waals surface area contributed by atoms with Gasteiger partial charge in [0.15, 0.2) is 23.0 Å². The molecule has 0 saturated carbocycles. The van der Waals surface area contributed by atoms with Crippen LogP contribution in [0, 0.1) is 0 Å². The molecule has 4 aromatic rings. The van der Waals surface area contributed by atoms with Gasteiger partial charge < -0.3 is 29.7 Å². The van der Waals surface area contributed by atoms with Crippen molar-refractivity contribution >= 4 is 0 Å². The average Bonchev–Trinajstić information content (AvgIpc) is 3.01. The lowest BCUT2D eigenvalue weighted by Crippen LogP contribution is -2.34. The molecule has 7 heteroatoms. The fourth-order valence-corrected chi connectivity index (χ4v) is 7.13. The Kier molecular flexibility index (Phi) is 7.15. The minimum absolute atomic E-state index is 0.0716. The highest BCUT2D eigenvalue weighted by molar-refractivity contribution is 5.59. The second kappa shape index (κ2) is 11.1. The molecule has 6 heterocycles. The number of hydrogen-bond donors (Lipinski definition) is 3. The molecule has 0 spiro atoms. The molecule has 0 saturated heterocycles. The number of ether oxygens (including phenoxy) is 3. The summed E-state index contributed by atoms with van der Waals surface area (Å²) in [4.78, 5) is 2.38. The van der Waals surface area contributed by atoms with Gasteiger partial charge in [0.2, 0.25) is 0 Å². The number of methoxy groups -OCH3 is 2. The summed E-state index contributed by atoms with van der Waals surface area (Å²) in [5.74, 6) is 2.77. The molecule has 43 heavy (non-hydrogen) atoms. The molecule has 7 nitrogen and oxygen atoms in total. The minimum atomic E-state index is 0.0716. The summed E-state index contributed by atoms with van der Waals surface area (Å²) in [7, 11) is 5.50. The summed E-state index contributed by atoms with van der Waals surface area (Å²) in [6.07, 6.45) is 3.85. The lowest BCUT2D eigenvalue weighted by molar-refractivity contribution is 0.226. The third kappa shape index (κ3) is 5.07. The van der Waals surface area contributed by atoms with Gasteiger partial charge in [0.25, 0.3) is 0 Å². The van der Waals surface area contributed by atoms with E-state index in [1.807, 2.05) is 30.3 Å². The Balaban J connectivity index is 1.43. The van der Waals surface area contributed by atoms with E-state index >= 15 is 0 Å². The van der Waals surface area contributed by atoms with Crippen LogP contribution in [-0.2, 0) is 32.1 Å². The molecule has 0 radical (unpaired) electrons. The van der Waals surface area contributed by atoms with Crippen molar-refractivity contribution in [2.24, 2.45) is 0 Å². The molecular formula is C36H38N2O5. The quantitative estimate of drug-likeness (QED) is 0.269. The molecule has 0 aliphatic carbocycles. The molecule has 6 aliphatic heterocycles. The number of rotatable bonds is 2. The van der Waals surface area contributed by atoms with Crippen molar-refractivity contribution in [3.8, 4) is 34.5 Å². The largest absolute Gasteiger partial charge is 0.504 e. The normalized spacial score (nSPS) is 19.5. The second-order valence-corrected chi connectivity index (χ2v) is 12.0. The van der Waals surface area contributed by atoms with Crippen molar-refractivity contribution in [3.05, 3.63) is 105 Å². The number of aromatic hydroxyl groups is 2. The van der Waals surface area contributed by atoms with Crippen LogP contribution < -0.4 is 19.5 Å². The number of nitrogens with zero attached hydrogens (tertiary/aromatic N) is 1. The zero-order valence-electron chi connectivity index (χ0n) is 24.9.